The second-order valence-electron chi connectivity index (χ2n) is 6.09. The number of hydrogen-bond acceptors (Lipinski definition) is 5. The number of nitrogens with zero attached hydrogens (tertiary/aromatic N) is 2. The molecule has 132 valence electrons. The quantitative estimate of drug-likeness (QED) is 0.579. The zero-order valence-corrected chi connectivity index (χ0v) is 14.3. The molecule has 0 bridgehead atoms. The Hall–Kier alpha value is -2.44. The molecule has 1 aliphatic heterocycles. The van der Waals surface area contributed by atoms with Gasteiger partial charge in [-0.3, -0.25) is 15.0 Å². The van der Waals surface area contributed by atoms with Crippen molar-refractivity contribution in [3.8, 4) is 5.75 Å². The molecule has 0 N–H and O–H groups in total. The first-order chi connectivity index (χ1) is 12.2. The van der Waals surface area contributed by atoms with Crippen molar-refractivity contribution in [2.24, 2.45) is 0 Å². The van der Waals surface area contributed by atoms with Crippen LogP contribution in [0.15, 0.2) is 48.5 Å². The summed E-state index contributed by atoms with van der Waals surface area (Å²) >= 11 is 0. The van der Waals surface area contributed by atoms with E-state index in [0.29, 0.717) is 11.3 Å². The topological polar surface area (TPSA) is 64.8 Å². The van der Waals surface area contributed by atoms with Gasteiger partial charge in [0, 0.05) is 24.2 Å². The summed E-state index contributed by atoms with van der Waals surface area (Å²) in [5, 5.41) is 13.0. The van der Waals surface area contributed by atoms with Crippen molar-refractivity contribution in [1.29, 1.82) is 0 Å². The SMILES string of the molecule is COc1ccc([N+](=O)[O-])cc1CON1CCCCC1c1ccccc1. The summed E-state index contributed by atoms with van der Waals surface area (Å²) in [4.78, 5) is 16.6. The number of ether oxygens (including phenoxy) is 1. The van der Waals surface area contributed by atoms with Crippen LogP contribution in [0.1, 0.15) is 36.4 Å². The van der Waals surface area contributed by atoms with E-state index in [1.54, 1.807) is 13.2 Å². The zero-order valence-electron chi connectivity index (χ0n) is 14.3. The van der Waals surface area contributed by atoms with Gasteiger partial charge in [0.05, 0.1) is 24.7 Å². The molecule has 6 heteroatoms. The van der Waals surface area contributed by atoms with E-state index < -0.39 is 4.92 Å². The van der Waals surface area contributed by atoms with Crippen LogP contribution in [-0.2, 0) is 11.4 Å². The van der Waals surface area contributed by atoms with Crippen LogP contribution in [0.4, 0.5) is 5.69 Å². The highest BCUT2D eigenvalue weighted by molar-refractivity contribution is 5.43. The van der Waals surface area contributed by atoms with Gasteiger partial charge < -0.3 is 4.74 Å². The molecule has 1 heterocycles. The number of nitro groups is 1. The molecule has 1 fully saturated rings. The number of rotatable bonds is 6. The van der Waals surface area contributed by atoms with E-state index in [1.807, 2.05) is 23.3 Å². The summed E-state index contributed by atoms with van der Waals surface area (Å²) in [5.41, 5.74) is 1.94. The predicted octanol–water partition coefficient (Wildman–Crippen LogP) is 4.26. The molecule has 0 radical (unpaired) electrons. The van der Waals surface area contributed by atoms with Crippen molar-refractivity contribution in [2.45, 2.75) is 31.9 Å². The maximum absolute atomic E-state index is 11.0. The predicted molar refractivity (Wildman–Crippen MR) is 94.2 cm³/mol. The highest BCUT2D eigenvalue weighted by Crippen LogP contribution is 2.32. The third kappa shape index (κ3) is 4.15. The van der Waals surface area contributed by atoms with Crippen LogP contribution in [0.3, 0.4) is 0 Å². The Kier molecular flexibility index (Phi) is 5.63. The lowest BCUT2D eigenvalue weighted by Crippen LogP contribution is -2.33. The van der Waals surface area contributed by atoms with E-state index >= 15 is 0 Å². The van der Waals surface area contributed by atoms with Gasteiger partial charge in [-0.2, -0.15) is 5.06 Å². The smallest absolute Gasteiger partial charge is 0.270 e. The molecule has 1 saturated heterocycles. The average Bonchev–Trinajstić information content (AvgIpc) is 2.67. The van der Waals surface area contributed by atoms with Gasteiger partial charge in [-0.1, -0.05) is 36.8 Å². The van der Waals surface area contributed by atoms with Gasteiger partial charge >= 0.3 is 0 Å². The lowest BCUT2D eigenvalue weighted by molar-refractivity contribution is -0.385. The number of hydroxylamine groups is 2. The van der Waals surface area contributed by atoms with Crippen LogP contribution in [-0.4, -0.2) is 23.6 Å². The van der Waals surface area contributed by atoms with E-state index in [4.69, 9.17) is 9.57 Å². The summed E-state index contributed by atoms with van der Waals surface area (Å²) in [6.07, 6.45) is 3.28. The lowest BCUT2D eigenvalue weighted by atomic mass is 9.97. The Morgan fingerprint density at radius 3 is 2.72 bits per heavy atom. The Balaban J connectivity index is 1.75. The molecule has 0 saturated carbocycles. The number of methoxy groups -OCH3 is 1. The van der Waals surface area contributed by atoms with Crippen molar-refractivity contribution in [3.63, 3.8) is 0 Å². The van der Waals surface area contributed by atoms with E-state index in [0.717, 1.165) is 19.4 Å². The number of benzene rings is 2. The van der Waals surface area contributed by atoms with Crippen LogP contribution in [0.5, 0.6) is 5.75 Å². The maximum atomic E-state index is 11.0. The fourth-order valence-electron chi connectivity index (χ4n) is 3.21. The van der Waals surface area contributed by atoms with Gasteiger partial charge in [0.1, 0.15) is 5.75 Å². The lowest BCUT2D eigenvalue weighted by Gasteiger charge is -2.35. The number of non-ortho nitro benzene ring substituents is 1. The minimum absolute atomic E-state index is 0.0395. The normalized spacial score (nSPS) is 18.0. The summed E-state index contributed by atoms with van der Waals surface area (Å²) in [5.74, 6) is 0.596. The summed E-state index contributed by atoms with van der Waals surface area (Å²) < 4.78 is 5.31. The molecular weight excluding hydrogens is 320 g/mol. The van der Waals surface area contributed by atoms with Gasteiger partial charge in [-0.15, -0.1) is 0 Å². The molecule has 0 amide bonds. The minimum Gasteiger partial charge on any atom is -0.496 e. The van der Waals surface area contributed by atoms with Crippen LogP contribution in [0.2, 0.25) is 0 Å². The van der Waals surface area contributed by atoms with Gasteiger partial charge in [-0.25, -0.2) is 0 Å². The van der Waals surface area contributed by atoms with Crippen molar-refractivity contribution in [3.05, 3.63) is 69.8 Å². The third-order valence-electron chi connectivity index (χ3n) is 4.50. The molecular formula is C19H22N2O4. The second-order valence-corrected chi connectivity index (χ2v) is 6.09. The van der Waals surface area contributed by atoms with Crippen LogP contribution in [0, 0.1) is 10.1 Å². The fraction of sp³-hybridized carbons (Fsp3) is 0.368. The molecule has 1 atom stereocenters. The standard InChI is InChI=1S/C19H22N2O4/c1-24-19-11-10-17(21(22)23)13-16(19)14-25-20-12-6-5-9-18(20)15-7-3-2-4-8-15/h2-4,7-8,10-11,13,18H,5-6,9,12,14H2,1H3. The van der Waals surface area contributed by atoms with Gasteiger partial charge in [0.25, 0.3) is 5.69 Å². The first kappa shape index (κ1) is 17.4. The first-order valence-electron chi connectivity index (χ1n) is 8.45. The highest BCUT2D eigenvalue weighted by atomic mass is 16.7. The van der Waals surface area contributed by atoms with Gasteiger partial charge in [0.2, 0.25) is 0 Å². The van der Waals surface area contributed by atoms with E-state index in [1.165, 1.54) is 24.1 Å². The monoisotopic (exact) mass is 342 g/mol. The van der Waals surface area contributed by atoms with Gasteiger partial charge in [0.15, 0.2) is 0 Å². The van der Waals surface area contributed by atoms with E-state index in [2.05, 4.69) is 12.1 Å². The molecule has 2 aromatic rings. The second kappa shape index (κ2) is 8.09. The Bertz CT molecular complexity index is 721. The average molecular weight is 342 g/mol. The third-order valence-corrected chi connectivity index (χ3v) is 4.50. The fourth-order valence-corrected chi connectivity index (χ4v) is 3.21. The maximum Gasteiger partial charge on any atom is 0.270 e. The van der Waals surface area contributed by atoms with E-state index in [9.17, 15) is 10.1 Å². The van der Waals surface area contributed by atoms with Crippen molar-refractivity contribution >= 4 is 5.69 Å². The highest BCUT2D eigenvalue weighted by Gasteiger charge is 2.25. The molecule has 0 aliphatic carbocycles. The Morgan fingerprint density at radius 1 is 1.20 bits per heavy atom. The number of piperidine rings is 1. The largest absolute Gasteiger partial charge is 0.496 e. The summed E-state index contributed by atoms with van der Waals surface area (Å²) in [7, 11) is 1.55. The molecule has 2 aromatic carbocycles. The molecule has 1 aliphatic rings. The van der Waals surface area contributed by atoms with E-state index in [-0.39, 0.29) is 18.3 Å². The summed E-state index contributed by atoms with van der Waals surface area (Å²) in [6, 6.07) is 15.1. The van der Waals surface area contributed by atoms with Crippen molar-refractivity contribution in [1.82, 2.24) is 5.06 Å². The molecule has 0 spiro atoms. The molecule has 0 aromatic heterocycles. The van der Waals surface area contributed by atoms with Crippen LogP contribution in [0.25, 0.3) is 0 Å². The molecule has 3 rings (SSSR count). The number of nitro benzene ring substituents is 1. The number of hydrogen-bond donors (Lipinski definition) is 0. The van der Waals surface area contributed by atoms with Gasteiger partial charge in [-0.05, 0) is 24.5 Å². The zero-order chi connectivity index (χ0) is 17.6. The molecule has 1 unspecified atom stereocenters. The van der Waals surface area contributed by atoms with Crippen molar-refractivity contribution in [2.75, 3.05) is 13.7 Å². The Labute approximate surface area is 147 Å². The van der Waals surface area contributed by atoms with Crippen molar-refractivity contribution < 1.29 is 14.5 Å². The summed E-state index contributed by atoms with van der Waals surface area (Å²) in [6.45, 7) is 1.09. The van der Waals surface area contributed by atoms with Crippen LogP contribution >= 0.6 is 0 Å². The molecule has 25 heavy (non-hydrogen) atoms. The first-order valence-corrected chi connectivity index (χ1v) is 8.45. The minimum atomic E-state index is -0.406. The van der Waals surface area contributed by atoms with Crippen LogP contribution < -0.4 is 4.74 Å². The molecule has 6 nitrogen and oxygen atoms in total. The Morgan fingerprint density at radius 2 is 2.00 bits per heavy atom.